The maximum absolute atomic E-state index is 12.0. The van der Waals surface area contributed by atoms with Gasteiger partial charge >= 0.3 is 5.97 Å². The zero-order valence-corrected chi connectivity index (χ0v) is 9.37. The number of hydrogen-bond donors (Lipinski definition) is 2. The van der Waals surface area contributed by atoms with Crippen molar-refractivity contribution in [3.8, 4) is 0 Å². The molecule has 0 spiro atoms. The van der Waals surface area contributed by atoms with Crippen molar-refractivity contribution in [3.05, 3.63) is 0 Å². The van der Waals surface area contributed by atoms with E-state index < -0.39 is 30.8 Å². The molecule has 0 radical (unpaired) electrons. The van der Waals surface area contributed by atoms with Gasteiger partial charge in [0.05, 0.1) is 0 Å². The molecule has 0 rings (SSSR count). The van der Waals surface area contributed by atoms with Crippen LogP contribution in [0.5, 0.6) is 0 Å². The molecule has 0 saturated carbocycles. The summed E-state index contributed by atoms with van der Waals surface area (Å²) in [6.07, 6.45) is -2.49. The van der Waals surface area contributed by atoms with E-state index in [1.54, 1.807) is 13.8 Å². The van der Waals surface area contributed by atoms with Crippen molar-refractivity contribution in [2.75, 3.05) is 0 Å². The van der Waals surface area contributed by atoms with Crippen molar-refractivity contribution >= 4 is 11.9 Å². The van der Waals surface area contributed by atoms with E-state index in [4.69, 9.17) is 5.11 Å². The van der Waals surface area contributed by atoms with Crippen LogP contribution in [0, 0.1) is 5.92 Å². The molecule has 1 unspecified atom stereocenters. The molecule has 0 bridgehead atoms. The largest absolute Gasteiger partial charge is 0.480 e. The Balaban J connectivity index is 4.39. The Morgan fingerprint density at radius 2 is 1.75 bits per heavy atom. The third kappa shape index (κ3) is 5.04. The molecular formula is C10H17F2NO3. The molecule has 0 fully saturated rings. The van der Waals surface area contributed by atoms with E-state index in [2.05, 4.69) is 5.32 Å². The van der Waals surface area contributed by atoms with Crippen LogP contribution in [-0.2, 0) is 9.59 Å². The molecule has 94 valence electrons. The number of hydrogen-bond acceptors (Lipinski definition) is 2. The maximum Gasteiger partial charge on any atom is 0.326 e. The van der Waals surface area contributed by atoms with Gasteiger partial charge in [0, 0.05) is 12.3 Å². The Morgan fingerprint density at radius 1 is 1.25 bits per heavy atom. The van der Waals surface area contributed by atoms with E-state index in [1.165, 1.54) is 0 Å². The van der Waals surface area contributed by atoms with Gasteiger partial charge in [0.25, 0.3) is 0 Å². The van der Waals surface area contributed by atoms with E-state index in [1.807, 2.05) is 0 Å². The van der Waals surface area contributed by atoms with Crippen molar-refractivity contribution in [2.24, 2.45) is 5.92 Å². The van der Waals surface area contributed by atoms with Crippen molar-refractivity contribution in [1.29, 1.82) is 0 Å². The first-order valence-electron chi connectivity index (χ1n) is 5.23. The molecule has 0 aromatic carbocycles. The van der Waals surface area contributed by atoms with E-state index >= 15 is 0 Å². The average Bonchev–Trinajstić information content (AvgIpc) is 2.17. The number of carbonyl (C=O) groups is 2. The van der Waals surface area contributed by atoms with Gasteiger partial charge in [-0.05, 0) is 12.8 Å². The van der Waals surface area contributed by atoms with E-state index in [0.29, 0.717) is 12.8 Å². The summed E-state index contributed by atoms with van der Waals surface area (Å²) < 4.78 is 24.1. The summed E-state index contributed by atoms with van der Waals surface area (Å²) in [5, 5.41) is 10.8. The molecule has 0 heterocycles. The summed E-state index contributed by atoms with van der Waals surface area (Å²) in [5.41, 5.74) is 0. The minimum atomic E-state index is -2.75. The van der Waals surface area contributed by atoms with Gasteiger partial charge in [-0.2, -0.15) is 0 Å². The number of carboxylic acids is 1. The lowest BCUT2D eigenvalue weighted by Gasteiger charge is -2.18. The minimum absolute atomic E-state index is 0.320. The number of alkyl halides is 2. The summed E-state index contributed by atoms with van der Waals surface area (Å²) in [6.45, 7) is 3.58. The third-order valence-corrected chi connectivity index (χ3v) is 2.38. The van der Waals surface area contributed by atoms with Crippen LogP contribution >= 0.6 is 0 Å². The SMILES string of the molecule is CCC(CC)C(=O)NC(CC(F)F)C(=O)O. The standard InChI is InChI=1S/C10H17F2NO3/c1-3-6(4-2)9(14)13-7(10(15)16)5-8(11)12/h6-8H,3-5H2,1-2H3,(H,13,14)(H,15,16). The average molecular weight is 237 g/mol. The predicted octanol–water partition coefficient (Wildman–Crippen LogP) is 1.65. The number of aliphatic carboxylic acids is 1. The van der Waals surface area contributed by atoms with Gasteiger partial charge < -0.3 is 10.4 Å². The summed E-state index contributed by atoms with van der Waals surface area (Å²) in [5.74, 6) is -2.22. The number of carboxylic acid groups (broad SMARTS) is 1. The molecular weight excluding hydrogens is 220 g/mol. The molecule has 0 aliphatic carbocycles. The molecule has 0 aromatic rings. The van der Waals surface area contributed by atoms with Gasteiger partial charge in [-0.15, -0.1) is 0 Å². The number of carbonyl (C=O) groups excluding carboxylic acids is 1. The van der Waals surface area contributed by atoms with E-state index in [9.17, 15) is 18.4 Å². The molecule has 0 saturated heterocycles. The smallest absolute Gasteiger partial charge is 0.326 e. The lowest BCUT2D eigenvalue weighted by atomic mass is 10.0. The Hall–Kier alpha value is -1.20. The highest BCUT2D eigenvalue weighted by molar-refractivity contribution is 5.84. The number of nitrogens with one attached hydrogen (secondary N) is 1. The van der Waals surface area contributed by atoms with Gasteiger partial charge in [-0.25, -0.2) is 13.6 Å². The predicted molar refractivity (Wildman–Crippen MR) is 54.3 cm³/mol. The van der Waals surface area contributed by atoms with Crippen LogP contribution in [0.2, 0.25) is 0 Å². The van der Waals surface area contributed by atoms with Gasteiger partial charge in [-0.3, -0.25) is 4.79 Å². The zero-order valence-electron chi connectivity index (χ0n) is 9.37. The number of amides is 1. The first kappa shape index (κ1) is 14.8. The highest BCUT2D eigenvalue weighted by Gasteiger charge is 2.26. The lowest BCUT2D eigenvalue weighted by Crippen LogP contribution is -2.44. The van der Waals surface area contributed by atoms with E-state index in [0.717, 1.165) is 0 Å². The summed E-state index contributed by atoms with van der Waals surface area (Å²) in [6, 6.07) is -1.51. The van der Waals surface area contributed by atoms with Crippen LogP contribution in [0.25, 0.3) is 0 Å². The second-order valence-electron chi connectivity index (χ2n) is 3.54. The van der Waals surface area contributed by atoms with Crippen molar-refractivity contribution in [3.63, 3.8) is 0 Å². The third-order valence-electron chi connectivity index (χ3n) is 2.38. The molecule has 0 aromatic heterocycles. The van der Waals surface area contributed by atoms with Crippen molar-refractivity contribution < 1.29 is 23.5 Å². The fraction of sp³-hybridized carbons (Fsp3) is 0.800. The Bertz CT molecular complexity index is 242. The number of rotatable bonds is 7. The molecule has 2 N–H and O–H groups in total. The Labute approximate surface area is 93.0 Å². The molecule has 16 heavy (non-hydrogen) atoms. The van der Waals surface area contributed by atoms with E-state index in [-0.39, 0.29) is 5.92 Å². The van der Waals surface area contributed by atoms with Crippen LogP contribution in [0.3, 0.4) is 0 Å². The molecule has 4 nitrogen and oxygen atoms in total. The monoisotopic (exact) mass is 237 g/mol. The molecule has 1 amide bonds. The van der Waals surface area contributed by atoms with Gasteiger partial charge in [0.15, 0.2) is 0 Å². The quantitative estimate of drug-likeness (QED) is 0.707. The highest BCUT2D eigenvalue weighted by atomic mass is 19.3. The van der Waals surface area contributed by atoms with Gasteiger partial charge in [0.1, 0.15) is 6.04 Å². The summed E-state index contributed by atoms with van der Waals surface area (Å²) in [7, 11) is 0. The van der Waals surface area contributed by atoms with Crippen LogP contribution < -0.4 is 5.32 Å². The second kappa shape index (κ2) is 7.14. The minimum Gasteiger partial charge on any atom is -0.480 e. The molecule has 1 atom stereocenters. The Morgan fingerprint density at radius 3 is 2.06 bits per heavy atom. The van der Waals surface area contributed by atoms with Gasteiger partial charge in [0.2, 0.25) is 12.3 Å². The summed E-state index contributed by atoms with van der Waals surface area (Å²) in [4.78, 5) is 22.1. The van der Waals surface area contributed by atoms with Crippen molar-refractivity contribution in [2.45, 2.75) is 45.6 Å². The maximum atomic E-state index is 12.0. The normalized spacial score (nSPS) is 12.9. The first-order valence-corrected chi connectivity index (χ1v) is 5.23. The summed E-state index contributed by atoms with van der Waals surface area (Å²) >= 11 is 0. The molecule has 0 aliphatic rings. The lowest BCUT2D eigenvalue weighted by molar-refractivity contribution is -0.143. The zero-order chi connectivity index (χ0) is 12.7. The van der Waals surface area contributed by atoms with Crippen LogP contribution in [0.4, 0.5) is 8.78 Å². The topological polar surface area (TPSA) is 66.4 Å². The fourth-order valence-electron chi connectivity index (χ4n) is 1.35. The fourth-order valence-corrected chi connectivity index (χ4v) is 1.35. The molecule has 6 heteroatoms. The highest BCUT2D eigenvalue weighted by Crippen LogP contribution is 2.10. The van der Waals surface area contributed by atoms with Crippen molar-refractivity contribution in [1.82, 2.24) is 5.32 Å². The molecule has 0 aliphatic heterocycles. The van der Waals surface area contributed by atoms with Crippen LogP contribution in [0.1, 0.15) is 33.1 Å². The Kier molecular flexibility index (Phi) is 6.60. The number of halogens is 2. The van der Waals surface area contributed by atoms with Gasteiger partial charge in [-0.1, -0.05) is 13.8 Å². The first-order chi connectivity index (χ1) is 7.42. The second-order valence-corrected chi connectivity index (χ2v) is 3.54. The van der Waals surface area contributed by atoms with Crippen LogP contribution in [-0.4, -0.2) is 29.5 Å². The van der Waals surface area contributed by atoms with Crippen LogP contribution in [0.15, 0.2) is 0 Å².